The minimum atomic E-state index is 0.540. The normalized spacial score (nSPS) is 29.2. The van der Waals surface area contributed by atoms with Gasteiger partial charge in [-0.05, 0) is 0 Å². The Hall–Kier alpha value is 0.470. The first-order valence-corrected chi connectivity index (χ1v) is 5.88. The molecule has 1 heterocycles. The summed E-state index contributed by atoms with van der Waals surface area (Å²) in [5, 5.41) is 0. The molecular formula is C7H12I-. The van der Waals surface area contributed by atoms with Gasteiger partial charge in [-0.25, -0.2) is 0 Å². The fourth-order valence-electron chi connectivity index (χ4n) is 0.964. The summed E-state index contributed by atoms with van der Waals surface area (Å²) in [6.45, 7) is 4.63. The zero-order valence-corrected chi connectivity index (χ0v) is 7.60. The van der Waals surface area contributed by atoms with Gasteiger partial charge in [0, 0.05) is 0 Å². The van der Waals surface area contributed by atoms with Gasteiger partial charge in [0.1, 0.15) is 0 Å². The van der Waals surface area contributed by atoms with Gasteiger partial charge in [0.05, 0.1) is 0 Å². The molecule has 0 amide bonds. The van der Waals surface area contributed by atoms with Crippen molar-refractivity contribution in [3.05, 3.63) is 11.6 Å². The van der Waals surface area contributed by atoms with Crippen molar-refractivity contribution in [1.82, 2.24) is 0 Å². The summed E-state index contributed by atoms with van der Waals surface area (Å²) in [6.07, 6.45) is 3.73. The average Bonchev–Trinajstić information content (AvgIpc) is 2.14. The third kappa shape index (κ3) is 1.24. The molecule has 8 heavy (non-hydrogen) atoms. The van der Waals surface area contributed by atoms with Crippen LogP contribution in [0, 0.1) is 0 Å². The molecule has 0 saturated carbocycles. The van der Waals surface area contributed by atoms with Crippen LogP contribution in [0.1, 0.15) is 20.3 Å². The van der Waals surface area contributed by atoms with Crippen molar-refractivity contribution >= 4 is 0 Å². The van der Waals surface area contributed by atoms with Crippen LogP contribution in [0.2, 0.25) is 0 Å². The van der Waals surface area contributed by atoms with Crippen molar-refractivity contribution in [2.45, 2.75) is 24.2 Å². The Bertz CT molecular complexity index is 105. The average molecular weight is 223 g/mol. The predicted octanol–water partition coefficient (Wildman–Crippen LogP) is -1.19. The molecule has 0 N–H and O–H groups in total. The zero-order chi connectivity index (χ0) is 5.98. The van der Waals surface area contributed by atoms with Crippen molar-refractivity contribution < 1.29 is 21.2 Å². The number of allylic oxidation sites excluding steroid dienone is 2. The van der Waals surface area contributed by atoms with Crippen molar-refractivity contribution in [3.63, 3.8) is 0 Å². The van der Waals surface area contributed by atoms with Crippen LogP contribution >= 0.6 is 0 Å². The molecule has 48 valence electrons. The second kappa shape index (κ2) is 2.85. The van der Waals surface area contributed by atoms with E-state index in [0.717, 1.165) is 3.92 Å². The number of halogens is 1. The quantitative estimate of drug-likeness (QED) is 0.298. The Morgan fingerprint density at radius 1 is 1.88 bits per heavy atom. The van der Waals surface area contributed by atoms with E-state index in [4.69, 9.17) is 0 Å². The fraction of sp³-hybridized carbons (Fsp3) is 0.714. The van der Waals surface area contributed by atoms with Gasteiger partial charge in [-0.2, -0.15) is 0 Å². The number of hydrogen-bond donors (Lipinski definition) is 0. The monoisotopic (exact) mass is 223 g/mol. The summed E-state index contributed by atoms with van der Waals surface area (Å²) >= 11 is 0.540. The molecule has 0 fully saturated rings. The SMILES string of the molecule is CCC1=CC[I-]C1C. The molecule has 1 aliphatic rings. The van der Waals surface area contributed by atoms with Crippen molar-refractivity contribution in [2.75, 3.05) is 4.43 Å². The molecule has 0 aromatic carbocycles. The van der Waals surface area contributed by atoms with Crippen molar-refractivity contribution in [3.8, 4) is 0 Å². The topological polar surface area (TPSA) is 0 Å². The van der Waals surface area contributed by atoms with Crippen LogP contribution in [0.5, 0.6) is 0 Å². The summed E-state index contributed by atoms with van der Waals surface area (Å²) in [7, 11) is 0. The Morgan fingerprint density at radius 2 is 2.62 bits per heavy atom. The van der Waals surface area contributed by atoms with Crippen LogP contribution < -0.4 is 21.2 Å². The molecule has 0 aromatic rings. The summed E-state index contributed by atoms with van der Waals surface area (Å²) in [5.41, 5.74) is 1.72. The third-order valence-corrected chi connectivity index (χ3v) is 4.65. The van der Waals surface area contributed by atoms with Crippen LogP contribution in [0.25, 0.3) is 0 Å². The molecule has 1 rings (SSSR count). The van der Waals surface area contributed by atoms with E-state index in [0.29, 0.717) is 21.2 Å². The third-order valence-electron chi connectivity index (χ3n) is 1.58. The Labute approximate surface area is 61.6 Å². The molecule has 0 nitrogen and oxygen atoms in total. The van der Waals surface area contributed by atoms with Gasteiger partial charge in [0.25, 0.3) is 0 Å². The summed E-state index contributed by atoms with van der Waals surface area (Å²) in [5.74, 6) is 0. The maximum atomic E-state index is 2.44. The Balaban J connectivity index is 2.49. The number of hydrogen-bond acceptors (Lipinski definition) is 0. The van der Waals surface area contributed by atoms with Gasteiger partial charge in [0.2, 0.25) is 0 Å². The molecule has 1 unspecified atom stereocenters. The molecule has 1 aliphatic heterocycles. The first-order chi connectivity index (χ1) is 3.84. The standard InChI is InChI=1S/C7H12I/c1-3-7-4-5-8-6(7)2/h4,6H,3,5H2,1-2H3/q-1. The van der Waals surface area contributed by atoms with Crippen LogP contribution in [0.3, 0.4) is 0 Å². The van der Waals surface area contributed by atoms with Gasteiger partial charge >= 0.3 is 61.5 Å². The fourth-order valence-corrected chi connectivity index (χ4v) is 3.81. The van der Waals surface area contributed by atoms with Crippen LogP contribution in [0.15, 0.2) is 11.6 Å². The van der Waals surface area contributed by atoms with Crippen LogP contribution in [0.4, 0.5) is 0 Å². The molecule has 0 saturated heterocycles. The minimum absolute atomic E-state index is 0.540. The molecule has 0 radical (unpaired) electrons. The second-order valence-electron chi connectivity index (χ2n) is 2.06. The van der Waals surface area contributed by atoms with Crippen molar-refractivity contribution in [1.29, 1.82) is 0 Å². The molecule has 1 atom stereocenters. The first kappa shape index (κ1) is 6.59. The predicted molar refractivity (Wildman–Crippen MR) is 32.7 cm³/mol. The van der Waals surface area contributed by atoms with E-state index in [9.17, 15) is 0 Å². The van der Waals surface area contributed by atoms with Gasteiger partial charge in [-0.15, -0.1) is 0 Å². The maximum absolute atomic E-state index is 2.44. The van der Waals surface area contributed by atoms with E-state index >= 15 is 0 Å². The zero-order valence-electron chi connectivity index (χ0n) is 5.45. The van der Waals surface area contributed by atoms with E-state index in [1.54, 1.807) is 5.57 Å². The summed E-state index contributed by atoms with van der Waals surface area (Å²) < 4.78 is 2.43. The Kier molecular flexibility index (Phi) is 2.35. The van der Waals surface area contributed by atoms with E-state index in [2.05, 4.69) is 19.9 Å². The van der Waals surface area contributed by atoms with Crippen LogP contribution in [-0.4, -0.2) is 8.35 Å². The summed E-state index contributed by atoms with van der Waals surface area (Å²) in [4.78, 5) is 0. The molecule has 1 heteroatoms. The molecule has 0 aromatic heterocycles. The van der Waals surface area contributed by atoms with Crippen LogP contribution in [-0.2, 0) is 0 Å². The molecule has 0 spiro atoms. The molecule has 0 aliphatic carbocycles. The molecule has 0 bridgehead atoms. The van der Waals surface area contributed by atoms with Crippen molar-refractivity contribution in [2.24, 2.45) is 0 Å². The van der Waals surface area contributed by atoms with E-state index in [1.165, 1.54) is 10.8 Å². The van der Waals surface area contributed by atoms with Gasteiger partial charge in [-0.1, -0.05) is 0 Å². The second-order valence-corrected chi connectivity index (χ2v) is 5.69. The number of rotatable bonds is 1. The van der Waals surface area contributed by atoms with E-state index < -0.39 is 0 Å². The molecular weight excluding hydrogens is 211 g/mol. The first-order valence-electron chi connectivity index (χ1n) is 3.11. The van der Waals surface area contributed by atoms with Gasteiger partial charge in [-0.3, -0.25) is 0 Å². The Morgan fingerprint density at radius 3 is 2.88 bits per heavy atom. The van der Waals surface area contributed by atoms with Gasteiger partial charge in [0.15, 0.2) is 0 Å². The van der Waals surface area contributed by atoms with E-state index in [1.807, 2.05) is 0 Å². The van der Waals surface area contributed by atoms with Gasteiger partial charge < -0.3 is 0 Å². The summed E-state index contributed by atoms with van der Waals surface area (Å²) in [6, 6.07) is 0. The van der Waals surface area contributed by atoms with E-state index in [-0.39, 0.29) is 0 Å². The number of alkyl halides is 2.